The lowest BCUT2D eigenvalue weighted by atomic mass is 9.97. The first-order valence-electron chi connectivity index (χ1n) is 7.40. The summed E-state index contributed by atoms with van der Waals surface area (Å²) in [5.41, 5.74) is 0. The smallest absolute Gasteiger partial charge is 0.211 e. The third-order valence-electron chi connectivity index (χ3n) is 4.23. The molecular weight excluding hydrogens is 262 g/mol. The molecule has 2 saturated heterocycles. The van der Waals surface area contributed by atoms with Crippen LogP contribution in [0.15, 0.2) is 0 Å². The molecular formula is C13H27N3O2S. The van der Waals surface area contributed by atoms with Gasteiger partial charge in [0.15, 0.2) is 0 Å². The Morgan fingerprint density at radius 2 is 2.11 bits per heavy atom. The number of piperidine rings is 1. The number of nitrogens with zero attached hydrogens (tertiary/aromatic N) is 2. The highest BCUT2D eigenvalue weighted by Crippen LogP contribution is 2.21. The molecule has 0 aromatic carbocycles. The van der Waals surface area contributed by atoms with Gasteiger partial charge in [-0.25, -0.2) is 12.7 Å². The van der Waals surface area contributed by atoms with Gasteiger partial charge >= 0.3 is 0 Å². The van der Waals surface area contributed by atoms with Crippen LogP contribution >= 0.6 is 0 Å². The van der Waals surface area contributed by atoms with E-state index < -0.39 is 10.0 Å². The van der Waals surface area contributed by atoms with Crippen molar-refractivity contribution in [2.24, 2.45) is 5.92 Å². The van der Waals surface area contributed by atoms with Crippen LogP contribution in [-0.4, -0.2) is 69.2 Å². The van der Waals surface area contributed by atoms with Crippen molar-refractivity contribution in [1.29, 1.82) is 0 Å². The molecule has 5 nitrogen and oxygen atoms in total. The molecule has 1 unspecified atom stereocenters. The summed E-state index contributed by atoms with van der Waals surface area (Å²) in [7, 11) is -3.02. The second kappa shape index (κ2) is 6.52. The van der Waals surface area contributed by atoms with Crippen LogP contribution in [0.2, 0.25) is 0 Å². The van der Waals surface area contributed by atoms with E-state index >= 15 is 0 Å². The molecule has 0 radical (unpaired) electrons. The van der Waals surface area contributed by atoms with Gasteiger partial charge in [-0.05, 0) is 31.7 Å². The van der Waals surface area contributed by atoms with Crippen LogP contribution in [0.1, 0.15) is 26.2 Å². The van der Waals surface area contributed by atoms with E-state index in [1.807, 2.05) is 0 Å². The van der Waals surface area contributed by atoms with Crippen LogP contribution in [0.5, 0.6) is 0 Å². The van der Waals surface area contributed by atoms with Crippen molar-refractivity contribution in [1.82, 2.24) is 14.5 Å². The lowest BCUT2D eigenvalue weighted by molar-refractivity contribution is 0.105. The summed E-state index contributed by atoms with van der Waals surface area (Å²) in [6.45, 7) is 7.97. The maximum absolute atomic E-state index is 11.6. The second-order valence-electron chi connectivity index (χ2n) is 5.94. The number of hydrogen-bond acceptors (Lipinski definition) is 4. The Bertz CT molecular complexity index is 381. The maximum atomic E-state index is 11.6. The van der Waals surface area contributed by atoms with Crippen LogP contribution in [0.4, 0.5) is 0 Å². The molecule has 2 rings (SSSR count). The van der Waals surface area contributed by atoms with E-state index in [1.165, 1.54) is 12.7 Å². The first-order valence-corrected chi connectivity index (χ1v) is 9.25. The molecule has 112 valence electrons. The summed E-state index contributed by atoms with van der Waals surface area (Å²) < 4.78 is 25.0. The van der Waals surface area contributed by atoms with E-state index in [0.717, 1.165) is 39.0 Å². The summed E-state index contributed by atoms with van der Waals surface area (Å²) in [4.78, 5) is 2.55. The Balaban J connectivity index is 1.89. The molecule has 0 spiro atoms. The highest BCUT2D eigenvalue weighted by atomic mass is 32.2. The fourth-order valence-electron chi connectivity index (χ4n) is 3.05. The topological polar surface area (TPSA) is 52.7 Å². The van der Waals surface area contributed by atoms with Crippen molar-refractivity contribution in [2.75, 3.05) is 45.5 Å². The Kier molecular flexibility index (Phi) is 5.22. The third-order valence-corrected chi connectivity index (χ3v) is 5.50. The molecule has 6 heteroatoms. The van der Waals surface area contributed by atoms with Gasteiger partial charge in [0.25, 0.3) is 0 Å². The lowest BCUT2D eigenvalue weighted by Crippen LogP contribution is -2.59. The first-order chi connectivity index (χ1) is 9.00. The van der Waals surface area contributed by atoms with Crippen molar-refractivity contribution in [3.63, 3.8) is 0 Å². The molecule has 19 heavy (non-hydrogen) atoms. The zero-order chi connectivity index (χ0) is 13.9. The maximum Gasteiger partial charge on any atom is 0.211 e. The quantitative estimate of drug-likeness (QED) is 0.766. The molecule has 1 N–H and O–H groups in total. The van der Waals surface area contributed by atoms with Gasteiger partial charge in [0.2, 0.25) is 10.0 Å². The van der Waals surface area contributed by atoms with Crippen LogP contribution in [-0.2, 0) is 10.0 Å². The molecule has 1 atom stereocenters. The predicted molar refractivity (Wildman–Crippen MR) is 77.7 cm³/mol. The molecule has 2 fully saturated rings. The number of rotatable bonds is 6. The highest BCUT2D eigenvalue weighted by molar-refractivity contribution is 7.88. The van der Waals surface area contributed by atoms with Gasteiger partial charge in [-0.2, -0.15) is 0 Å². The fraction of sp³-hybridized carbons (Fsp3) is 1.00. The van der Waals surface area contributed by atoms with Gasteiger partial charge in [0.05, 0.1) is 6.26 Å². The van der Waals surface area contributed by atoms with E-state index in [4.69, 9.17) is 0 Å². The van der Waals surface area contributed by atoms with Crippen molar-refractivity contribution < 1.29 is 8.42 Å². The highest BCUT2D eigenvalue weighted by Gasteiger charge is 2.30. The number of sulfonamides is 1. The average molecular weight is 289 g/mol. The summed E-state index contributed by atoms with van der Waals surface area (Å²) in [5, 5.41) is 3.32. The molecule has 0 saturated carbocycles. The van der Waals surface area contributed by atoms with Gasteiger partial charge < -0.3 is 5.32 Å². The van der Waals surface area contributed by atoms with E-state index in [0.29, 0.717) is 25.0 Å². The second-order valence-corrected chi connectivity index (χ2v) is 7.92. The minimum Gasteiger partial charge on any atom is -0.314 e. The van der Waals surface area contributed by atoms with Gasteiger partial charge in [-0.1, -0.05) is 6.92 Å². The molecule has 0 bridgehead atoms. The first kappa shape index (κ1) is 15.2. The van der Waals surface area contributed by atoms with Gasteiger partial charge in [0, 0.05) is 38.8 Å². The standard InChI is InChI=1S/C13H27N3O2S/c1-3-6-15(13-8-14-9-13)10-12-5-4-7-16(11-12)19(2,17)18/h12-14H,3-11H2,1-2H3. The molecule has 2 heterocycles. The molecule has 0 aliphatic carbocycles. The largest absolute Gasteiger partial charge is 0.314 e. The lowest BCUT2D eigenvalue weighted by Gasteiger charge is -2.41. The molecule has 0 aromatic rings. The van der Waals surface area contributed by atoms with Crippen LogP contribution in [0, 0.1) is 5.92 Å². The summed E-state index contributed by atoms with van der Waals surface area (Å²) >= 11 is 0. The van der Waals surface area contributed by atoms with Crippen molar-refractivity contribution in [3.8, 4) is 0 Å². The van der Waals surface area contributed by atoms with Crippen molar-refractivity contribution in [2.45, 2.75) is 32.2 Å². The Labute approximate surface area is 117 Å². The zero-order valence-electron chi connectivity index (χ0n) is 12.1. The normalized spacial score (nSPS) is 26.6. The van der Waals surface area contributed by atoms with E-state index in [9.17, 15) is 8.42 Å². The van der Waals surface area contributed by atoms with Gasteiger partial charge in [-0.3, -0.25) is 4.90 Å². The molecule has 0 aromatic heterocycles. The van der Waals surface area contributed by atoms with Crippen molar-refractivity contribution >= 4 is 10.0 Å². The minimum absolute atomic E-state index is 0.496. The summed E-state index contributed by atoms with van der Waals surface area (Å²) in [6, 6.07) is 0.661. The van der Waals surface area contributed by atoms with Crippen LogP contribution < -0.4 is 5.32 Å². The van der Waals surface area contributed by atoms with E-state index in [2.05, 4.69) is 17.1 Å². The minimum atomic E-state index is -3.02. The third kappa shape index (κ3) is 4.15. The summed E-state index contributed by atoms with van der Waals surface area (Å²) in [6.07, 6.45) is 4.65. The van der Waals surface area contributed by atoms with Crippen molar-refractivity contribution in [3.05, 3.63) is 0 Å². The summed E-state index contributed by atoms with van der Waals surface area (Å²) in [5.74, 6) is 0.496. The Hall–Kier alpha value is -0.170. The average Bonchev–Trinajstić information content (AvgIpc) is 2.26. The van der Waals surface area contributed by atoms with Gasteiger partial charge in [-0.15, -0.1) is 0 Å². The van der Waals surface area contributed by atoms with Crippen LogP contribution in [0.25, 0.3) is 0 Å². The molecule has 2 aliphatic rings. The SMILES string of the molecule is CCCN(CC1CCCN(S(C)(=O)=O)C1)C1CNC1. The number of nitrogens with one attached hydrogen (secondary N) is 1. The van der Waals surface area contributed by atoms with Crippen LogP contribution in [0.3, 0.4) is 0 Å². The fourth-order valence-corrected chi connectivity index (χ4v) is 3.99. The number of hydrogen-bond donors (Lipinski definition) is 1. The van der Waals surface area contributed by atoms with E-state index in [1.54, 1.807) is 4.31 Å². The predicted octanol–water partition coefficient (Wildman–Crippen LogP) is 0.342. The monoisotopic (exact) mass is 289 g/mol. The Morgan fingerprint density at radius 1 is 1.37 bits per heavy atom. The van der Waals surface area contributed by atoms with E-state index in [-0.39, 0.29) is 0 Å². The Morgan fingerprint density at radius 3 is 2.63 bits per heavy atom. The molecule has 0 amide bonds. The molecule has 2 aliphatic heterocycles. The van der Waals surface area contributed by atoms with Gasteiger partial charge in [0.1, 0.15) is 0 Å². The zero-order valence-corrected chi connectivity index (χ0v) is 13.0.